The number of ether oxygens (including phenoxy) is 1. The topological polar surface area (TPSA) is 47.3 Å². The van der Waals surface area contributed by atoms with E-state index >= 15 is 0 Å². The molecule has 3 N–H and O–H groups in total. The van der Waals surface area contributed by atoms with Gasteiger partial charge in [0.15, 0.2) is 0 Å². The molecular weight excluding hydrogens is 323 g/mol. The Bertz CT molecular complexity index is 554. The molecular formula is C15H16BrFN2O. The number of benzene rings is 2. The van der Waals surface area contributed by atoms with Crippen molar-refractivity contribution >= 4 is 15.9 Å². The van der Waals surface area contributed by atoms with Crippen LogP contribution in [0.1, 0.15) is 24.1 Å². The van der Waals surface area contributed by atoms with Crippen molar-refractivity contribution in [3.05, 3.63) is 63.9 Å². The second-order valence-electron chi connectivity index (χ2n) is 4.24. The van der Waals surface area contributed by atoms with Gasteiger partial charge < -0.3 is 4.74 Å². The zero-order valence-electron chi connectivity index (χ0n) is 11.1. The van der Waals surface area contributed by atoms with Gasteiger partial charge in [0.2, 0.25) is 0 Å². The molecule has 0 saturated carbocycles. The average molecular weight is 339 g/mol. The van der Waals surface area contributed by atoms with Crippen LogP contribution >= 0.6 is 15.9 Å². The Kier molecular flexibility index (Phi) is 5.11. The first-order chi connectivity index (χ1) is 9.67. The fourth-order valence-electron chi connectivity index (χ4n) is 2.06. The van der Waals surface area contributed by atoms with E-state index in [9.17, 15) is 4.39 Å². The predicted octanol–water partition coefficient (Wildman–Crippen LogP) is 3.54. The van der Waals surface area contributed by atoms with Gasteiger partial charge in [-0.05, 0) is 36.8 Å². The molecule has 2 rings (SSSR count). The lowest BCUT2D eigenvalue weighted by molar-refractivity contribution is 0.340. The molecule has 20 heavy (non-hydrogen) atoms. The van der Waals surface area contributed by atoms with Crippen LogP contribution in [0.4, 0.5) is 4.39 Å². The lowest BCUT2D eigenvalue weighted by Gasteiger charge is -2.19. The van der Waals surface area contributed by atoms with E-state index < -0.39 is 6.04 Å². The molecule has 0 saturated heterocycles. The molecule has 0 radical (unpaired) electrons. The molecule has 106 valence electrons. The van der Waals surface area contributed by atoms with Gasteiger partial charge in [0.05, 0.1) is 12.6 Å². The first-order valence-electron chi connectivity index (χ1n) is 6.30. The van der Waals surface area contributed by atoms with Crippen molar-refractivity contribution in [2.75, 3.05) is 6.61 Å². The second kappa shape index (κ2) is 6.83. The Hall–Kier alpha value is -1.43. The number of hydrogen-bond acceptors (Lipinski definition) is 3. The van der Waals surface area contributed by atoms with Gasteiger partial charge in [-0.15, -0.1) is 0 Å². The number of hydrogen-bond donors (Lipinski definition) is 2. The van der Waals surface area contributed by atoms with Crippen molar-refractivity contribution in [1.82, 2.24) is 5.43 Å². The third-order valence-corrected chi connectivity index (χ3v) is 3.67. The average Bonchev–Trinajstić information content (AvgIpc) is 2.45. The largest absolute Gasteiger partial charge is 0.494 e. The Morgan fingerprint density at radius 1 is 1.25 bits per heavy atom. The molecule has 0 spiro atoms. The minimum Gasteiger partial charge on any atom is -0.494 e. The summed E-state index contributed by atoms with van der Waals surface area (Å²) in [6.07, 6.45) is 0. The van der Waals surface area contributed by atoms with Crippen molar-refractivity contribution < 1.29 is 9.13 Å². The molecule has 0 aliphatic carbocycles. The van der Waals surface area contributed by atoms with Crippen LogP contribution in [0.5, 0.6) is 5.75 Å². The van der Waals surface area contributed by atoms with Crippen LogP contribution in [0.3, 0.4) is 0 Å². The van der Waals surface area contributed by atoms with Crippen LogP contribution in [-0.4, -0.2) is 6.61 Å². The number of nitrogens with one attached hydrogen (secondary N) is 1. The summed E-state index contributed by atoms with van der Waals surface area (Å²) >= 11 is 3.36. The number of halogens is 2. The Morgan fingerprint density at radius 2 is 1.95 bits per heavy atom. The molecule has 2 aromatic carbocycles. The molecule has 1 unspecified atom stereocenters. The summed E-state index contributed by atoms with van der Waals surface area (Å²) in [6, 6.07) is 11.9. The van der Waals surface area contributed by atoms with Crippen molar-refractivity contribution in [2.24, 2.45) is 5.84 Å². The van der Waals surface area contributed by atoms with E-state index in [2.05, 4.69) is 21.4 Å². The first-order valence-corrected chi connectivity index (χ1v) is 7.09. The molecule has 2 aromatic rings. The maximum Gasteiger partial charge on any atom is 0.129 e. The summed E-state index contributed by atoms with van der Waals surface area (Å²) in [5.74, 6) is 6.07. The van der Waals surface area contributed by atoms with Gasteiger partial charge in [-0.25, -0.2) is 9.82 Å². The van der Waals surface area contributed by atoms with E-state index in [-0.39, 0.29) is 5.82 Å². The summed E-state index contributed by atoms with van der Waals surface area (Å²) in [6.45, 7) is 2.53. The fourth-order valence-corrected chi connectivity index (χ4v) is 2.63. The highest BCUT2D eigenvalue weighted by Gasteiger charge is 2.19. The molecule has 0 heterocycles. The lowest BCUT2D eigenvalue weighted by Crippen LogP contribution is -2.29. The molecule has 0 aliphatic rings. The molecule has 0 amide bonds. The van der Waals surface area contributed by atoms with Crippen LogP contribution in [0.25, 0.3) is 0 Å². The fraction of sp³-hybridized carbons (Fsp3) is 0.200. The summed E-state index contributed by atoms with van der Waals surface area (Å²) in [7, 11) is 0. The van der Waals surface area contributed by atoms with E-state index in [0.717, 1.165) is 11.3 Å². The Balaban J connectivity index is 2.37. The highest BCUT2D eigenvalue weighted by molar-refractivity contribution is 9.10. The van der Waals surface area contributed by atoms with Gasteiger partial charge in [0, 0.05) is 10.0 Å². The quantitative estimate of drug-likeness (QED) is 0.647. The Labute approximate surface area is 126 Å². The van der Waals surface area contributed by atoms with Crippen LogP contribution in [0, 0.1) is 5.82 Å². The van der Waals surface area contributed by atoms with Crippen molar-refractivity contribution in [2.45, 2.75) is 13.0 Å². The molecule has 0 fully saturated rings. The minimum absolute atomic E-state index is 0.309. The SMILES string of the molecule is CCOc1ccc(C(NN)c2c(F)cccc2Br)cc1. The summed E-state index contributed by atoms with van der Waals surface area (Å²) in [5, 5.41) is 0. The highest BCUT2D eigenvalue weighted by Crippen LogP contribution is 2.31. The maximum absolute atomic E-state index is 14.0. The molecule has 0 aliphatic heterocycles. The van der Waals surface area contributed by atoms with Gasteiger partial charge in [-0.3, -0.25) is 5.84 Å². The maximum atomic E-state index is 14.0. The van der Waals surface area contributed by atoms with Gasteiger partial charge in [-0.2, -0.15) is 0 Å². The van der Waals surface area contributed by atoms with Crippen molar-refractivity contribution in [1.29, 1.82) is 0 Å². The Morgan fingerprint density at radius 3 is 2.50 bits per heavy atom. The van der Waals surface area contributed by atoms with Crippen LogP contribution in [-0.2, 0) is 0 Å². The number of nitrogens with two attached hydrogens (primary N) is 1. The van der Waals surface area contributed by atoms with Gasteiger partial charge in [0.25, 0.3) is 0 Å². The van der Waals surface area contributed by atoms with E-state index in [1.807, 2.05) is 31.2 Å². The summed E-state index contributed by atoms with van der Waals surface area (Å²) < 4.78 is 20.1. The standard InChI is InChI=1S/C15H16BrFN2O/c1-2-20-11-8-6-10(7-9-11)15(19-18)14-12(16)4-3-5-13(14)17/h3-9,15,19H,2,18H2,1H3. The van der Waals surface area contributed by atoms with E-state index in [0.29, 0.717) is 16.6 Å². The van der Waals surface area contributed by atoms with Crippen molar-refractivity contribution in [3.63, 3.8) is 0 Å². The monoisotopic (exact) mass is 338 g/mol. The molecule has 0 aromatic heterocycles. The minimum atomic E-state index is -0.429. The third-order valence-electron chi connectivity index (χ3n) is 2.98. The lowest BCUT2D eigenvalue weighted by atomic mass is 9.99. The third kappa shape index (κ3) is 3.17. The molecule has 3 nitrogen and oxygen atoms in total. The normalized spacial score (nSPS) is 12.2. The van der Waals surface area contributed by atoms with Gasteiger partial charge >= 0.3 is 0 Å². The van der Waals surface area contributed by atoms with E-state index in [1.165, 1.54) is 6.07 Å². The number of rotatable bonds is 5. The summed E-state index contributed by atoms with van der Waals surface area (Å²) in [4.78, 5) is 0. The van der Waals surface area contributed by atoms with Crippen LogP contribution < -0.4 is 16.0 Å². The summed E-state index contributed by atoms with van der Waals surface area (Å²) in [5.41, 5.74) is 4.01. The predicted molar refractivity (Wildman–Crippen MR) is 80.9 cm³/mol. The molecule has 0 bridgehead atoms. The zero-order chi connectivity index (χ0) is 14.5. The van der Waals surface area contributed by atoms with Gasteiger partial charge in [-0.1, -0.05) is 34.1 Å². The zero-order valence-corrected chi connectivity index (χ0v) is 12.7. The molecule has 1 atom stereocenters. The smallest absolute Gasteiger partial charge is 0.129 e. The van der Waals surface area contributed by atoms with Crippen LogP contribution in [0.15, 0.2) is 46.9 Å². The highest BCUT2D eigenvalue weighted by atomic mass is 79.9. The van der Waals surface area contributed by atoms with Gasteiger partial charge in [0.1, 0.15) is 11.6 Å². The van der Waals surface area contributed by atoms with E-state index in [4.69, 9.17) is 10.6 Å². The van der Waals surface area contributed by atoms with Crippen LogP contribution in [0.2, 0.25) is 0 Å². The number of hydrazine groups is 1. The van der Waals surface area contributed by atoms with Crippen molar-refractivity contribution in [3.8, 4) is 5.75 Å². The second-order valence-corrected chi connectivity index (χ2v) is 5.09. The first kappa shape index (κ1) is 15.0. The van der Waals surface area contributed by atoms with E-state index in [1.54, 1.807) is 12.1 Å². The molecule has 5 heteroatoms.